The van der Waals surface area contributed by atoms with Crippen LogP contribution in [0.1, 0.15) is 74.9 Å². The third kappa shape index (κ3) is 6.70. The smallest absolute Gasteiger partial charge is 0.386 e. The van der Waals surface area contributed by atoms with Crippen LogP contribution in [0.15, 0.2) is 54.6 Å². The fourth-order valence-corrected chi connectivity index (χ4v) is 5.44. The van der Waals surface area contributed by atoms with Gasteiger partial charge in [-0.2, -0.15) is 4.57 Å². The number of hydrogen-bond acceptors (Lipinski definition) is 4. The Morgan fingerprint density at radius 1 is 0.486 bits per heavy atom. The van der Waals surface area contributed by atoms with Gasteiger partial charge in [-0.25, -0.2) is 0 Å². The second-order valence-corrected chi connectivity index (χ2v) is 10.1. The molecule has 0 aliphatic carbocycles. The minimum atomic E-state index is -4.08. The molecular weight excluding hydrogens is 455 g/mol. The zero-order chi connectivity index (χ0) is 25.4. The summed E-state index contributed by atoms with van der Waals surface area (Å²) in [5.41, 5.74) is 6.55. The summed E-state index contributed by atoms with van der Waals surface area (Å²) >= 11 is 0. The van der Waals surface area contributed by atoms with Gasteiger partial charge in [-0.1, -0.05) is 77.9 Å². The first-order valence-corrected chi connectivity index (χ1v) is 14.4. The van der Waals surface area contributed by atoms with Crippen LogP contribution >= 0.6 is 7.82 Å². The molecule has 0 spiro atoms. The van der Waals surface area contributed by atoms with Crippen LogP contribution < -0.4 is 13.6 Å². The first-order valence-electron chi connectivity index (χ1n) is 12.9. The van der Waals surface area contributed by atoms with E-state index in [4.69, 9.17) is 13.6 Å². The molecule has 0 amide bonds. The van der Waals surface area contributed by atoms with E-state index in [0.29, 0.717) is 17.2 Å². The summed E-state index contributed by atoms with van der Waals surface area (Å²) in [6.07, 6.45) is 5.02. The normalized spacial score (nSPS) is 11.4. The van der Waals surface area contributed by atoms with Crippen molar-refractivity contribution in [3.63, 3.8) is 0 Å². The predicted molar refractivity (Wildman–Crippen MR) is 145 cm³/mol. The molecule has 0 aliphatic rings. The molecule has 0 heterocycles. The second kappa shape index (κ2) is 12.3. The first kappa shape index (κ1) is 26.9. The SMILES string of the molecule is CCc1ccc(OP(=O)(Oc2ccc(CC)cc2CC)Oc2ccc(CC)cc2CC)c(CC)c1. The molecule has 0 atom stereocenters. The third-order valence-electron chi connectivity index (χ3n) is 6.37. The van der Waals surface area contributed by atoms with Gasteiger partial charge in [0.1, 0.15) is 17.2 Å². The first-order chi connectivity index (χ1) is 16.9. The lowest BCUT2D eigenvalue weighted by molar-refractivity contribution is 0.295. The van der Waals surface area contributed by atoms with E-state index < -0.39 is 7.82 Å². The van der Waals surface area contributed by atoms with Gasteiger partial charge in [-0.05, 0) is 90.1 Å². The molecule has 0 fully saturated rings. The van der Waals surface area contributed by atoms with Crippen LogP contribution in [-0.2, 0) is 43.1 Å². The topological polar surface area (TPSA) is 44.8 Å². The number of aryl methyl sites for hydroxylation is 6. The van der Waals surface area contributed by atoms with E-state index in [1.165, 1.54) is 16.7 Å². The van der Waals surface area contributed by atoms with Gasteiger partial charge < -0.3 is 13.6 Å². The van der Waals surface area contributed by atoms with E-state index in [9.17, 15) is 4.57 Å². The average molecular weight is 495 g/mol. The van der Waals surface area contributed by atoms with Gasteiger partial charge in [-0.3, -0.25) is 0 Å². The van der Waals surface area contributed by atoms with Crippen molar-refractivity contribution in [3.05, 3.63) is 88.0 Å². The molecule has 0 saturated heterocycles. The van der Waals surface area contributed by atoms with E-state index in [1.807, 2.05) is 36.4 Å². The lowest BCUT2D eigenvalue weighted by atomic mass is 10.1. The van der Waals surface area contributed by atoms with E-state index in [0.717, 1.165) is 55.2 Å². The zero-order valence-corrected chi connectivity index (χ0v) is 22.9. The lowest BCUT2D eigenvalue weighted by Gasteiger charge is -2.23. The Kier molecular flexibility index (Phi) is 9.46. The van der Waals surface area contributed by atoms with Crippen molar-refractivity contribution >= 4 is 7.82 Å². The quantitative estimate of drug-likeness (QED) is 0.236. The Hall–Kier alpha value is -2.71. The number of phosphoric ester groups is 1. The highest BCUT2D eigenvalue weighted by molar-refractivity contribution is 7.49. The molecule has 3 aromatic carbocycles. The Balaban J connectivity index is 2.06. The fraction of sp³-hybridized carbons (Fsp3) is 0.400. The van der Waals surface area contributed by atoms with Gasteiger partial charge in [0.2, 0.25) is 0 Å². The van der Waals surface area contributed by atoms with E-state index in [1.54, 1.807) is 0 Å². The minimum absolute atomic E-state index is 0.527. The highest BCUT2D eigenvalue weighted by Crippen LogP contribution is 2.52. The molecule has 5 heteroatoms. The maximum absolute atomic E-state index is 14.3. The molecule has 188 valence electrons. The maximum atomic E-state index is 14.3. The summed E-state index contributed by atoms with van der Waals surface area (Å²) in [6.45, 7) is 12.5. The van der Waals surface area contributed by atoms with Crippen LogP contribution in [0, 0.1) is 0 Å². The van der Waals surface area contributed by atoms with Crippen LogP contribution in [0.3, 0.4) is 0 Å². The highest BCUT2D eigenvalue weighted by atomic mass is 31.2. The number of hydrogen-bond donors (Lipinski definition) is 0. The lowest BCUT2D eigenvalue weighted by Crippen LogP contribution is -2.11. The molecule has 4 nitrogen and oxygen atoms in total. The summed E-state index contributed by atoms with van der Waals surface area (Å²) in [4.78, 5) is 0. The third-order valence-corrected chi connectivity index (χ3v) is 7.63. The monoisotopic (exact) mass is 494 g/mol. The van der Waals surface area contributed by atoms with Crippen molar-refractivity contribution in [1.29, 1.82) is 0 Å². The minimum Gasteiger partial charge on any atom is -0.386 e. The van der Waals surface area contributed by atoms with Crippen molar-refractivity contribution in [1.82, 2.24) is 0 Å². The largest absolute Gasteiger partial charge is 0.647 e. The molecule has 0 radical (unpaired) electrons. The van der Waals surface area contributed by atoms with Crippen molar-refractivity contribution in [2.75, 3.05) is 0 Å². The van der Waals surface area contributed by atoms with Gasteiger partial charge >= 0.3 is 7.82 Å². The molecule has 3 aromatic rings. The van der Waals surface area contributed by atoms with Crippen molar-refractivity contribution in [2.24, 2.45) is 0 Å². The molecule has 0 aromatic heterocycles. The summed E-state index contributed by atoms with van der Waals surface area (Å²) in [7, 11) is -4.08. The van der Waals surface area contributed by atoms with Crippen molar-refractivity contribution in [2.45, 2.75) is 80.1 Å². The Bertz CT molecular complexity index is 1040. The molecule has 0 bridgehead atoms. The Morgan fingerprint density at radius 2 is 0.771 bits per heavy atom. The van der Waals surface area contributed by atoms with Crippen LogP contribution in [0.2, 0.25) is 0 Å². The molecule has 3 rings (SSSR count). The molecule has 0 saturated carbocycles. The van der Waals surface area contributed by atoms with Gasteiger partial charge in [-0.15, -0.1) is 0 Å². The number of phosphoric acid groups is 1. The van der Waals surface area contributed by atoms with Crippen LogP contribution in [0.25, 0.3) is 0 Å². The van der Waals surface area contributed by atoms with Crippen molar-refractivity contribution < 1.29 is 18.1 Å². The summed E-state index contributed by atoms with van der Waals surface area (Å²) in [5.74, 6) is 1.58. The van der Waals surface area contributed by atoms with E-state index in [2.05, 4.69) is 59.7 Å². The summed E-state index contributed by atoms with van der Waals surface area (Å²) in [5, 5.41) is 0. The van der Waals surface area contributed by atoms with Gasteiger partial charge in [0.25, 0.3) is 0 Å². The van der Waals surface area contributed by atoms with Gasteiger partial charge in [0.05, 0.1) is 0 Å². The van der Waals surface area contributed by atoms with E-state index >= 15 is 0 Å². The average Bonchev–Trinajstić information content (AvgIpc) is 2.89. The molecule has 0 aliphatic heterocycles. The number of rotatable bonds is 12. The van der Waals surface area contributed by atoms with Gasteiger partial charge in [0, 0.05) is 0 Å². The van der Waals surface area contributed by atoms with E-state index in [-0.39, 0.29) is 0 Å². The fourth-order valence-electron chi connectivity index (χ4n) is 4.07. The van der Waals surface area contributed by atoms with Crippen molar-refractivity contribution in [3.8, 4) is 17.2 Å². The highest BCUT2D eigenvalue weighted by Gasteiger charge is 2.35. The Morgan fingerprint density at radius 3 is 1.00 bits per heavy atom. The molecule has 35 heavy (non-hydrogen) atoms. The predicted octanol–water partition coefficient (Wildman–Crippen LogP) is 8.71. The summed E-state index contributed by atoms with van der Waals surface area (Å²) in [6, 6.07) is 17.9. The van der Waals surface area contributed by atoms with Crippen LogP contribution in [-0.4, -0.2) is 0 Å². The maximum Gasteiger partial charge on any atom is 0.647 e. The van der Waals surface area contributed by atoms with Gasteiger partial charge in [0.15, 0.2) is 0 Å². The summed E-state index contributed by atoms with van der Waals surface area (Å²) < 4.78 is 32.8. The standard InChI is InChI=1S/C30H39O4P/c1-7-22-13-16-28(25(10-4)19-22)32-35(31,33-29-17-14-23(8-2)20-26(29)11-5)34-30-18-15-24(9-3)21-27(30)12-6/h13-21H,7-12H2,1-6H3. The molecule has 0 N–H and O–H groups in total. The molecule has 0 unspecified atom stereocenters. The Labute approximate surface area is 211 Å². The van der Waals surface area contributed by atoms with Crippen LogP contribution in [0.5, 0.6) is 17.2 Å². The second-order valence-electron chi connectivity index (χ2n) is 8.67. The number of benzene rings is 3. The molecular formula is C30H39O4P. The zero-order valence-electron chi connectivity index (χ0n) is 22.0. The van der Waals surface area contributed by atoms with Crippen LogP contribution in [0.4, 0.5) is 0 Å².